The molecule has 0 amide bonds. The first-order valence-corrected chi connectivity index (χ1v) is 5.32. The van der Waals surface area contributed by atoms with E-state index < -0.39 is 12.2 Å². The fraction of sp³-hybridized carbons (Fsp3) is 1.00. The summed E-state index contributed by atoms with van der Waals surface area (Å²) >= 11 is 0. The van der Waals surface area contributed by atoms with Crippen molar-refractivity contribution in [1.82, 2.24) is 0 Å². The summed E-state index contributed by atoms with van der Waals surface area (Å²) in [5.41, 5.74) is 0. The number of aliphatic hydroxyl groups excluding tert-OH is 3. The van der Waals surface area contributed by atoms with E-state index in [2.05, 4.69) is 0 Å². The summed E-state index contributed by atoms with van der Waals surface area (Å²) < 4.78 is 5.47. The average molecular weight is 202 g/mol. The minimum absolute atomic E-state index is 0.0541. The van der Waals surface area contributed by atoms with Crippen molar-refractivity contribution < 1.29 is 20.1 Å². The van der Waals surface area contributed by atoms with Gasteiger partial charge in [0.2, 0.25) is 0 Å². The highest BCUT2D eigenvalue weighted by molar-refractivity contribution is 4.94. The van der Waals surface area contributed by atoms with Crippen molar-refractivity contribution in [3.8, 4) is 0 Å². The van der Waals surface area contributed by atoms with Crippen LogP contribution < -0.4 is 0 Å². The van der Waals surface area contributed by atoms with Gasteiger partial charge < -0.3 is 20.1 Å². The van der Waals surface area contributed by atoms with Gasteiger partial charge in [0.1, 0.15) is 6.10 Å². The molecule has 3 N–H and O–H groups in total. The number of hydrogen-bond donors (Lipinski definition) is 3. The van der Waals surface area contributed by atoms with Gasteiger partial charge in [0.25, 0.3) is 0 Å². The highest BCUT2D eigenvalue weighted by atomic mass is 16.5. The third kappa shape index (κ3) is 1.67. The first-order chi connectivity index (χ1) is 6.74. The third-order valence-electron chi connectivity index (χ3n) is 3.50. The molecule has 0 aromatic heterocycles. The van der Waals surface area contributed by atoms with Crippen molar-refractivity contribution in [3.63, 3.8) is 0 Å². The van der Waals surface area contributed by atoms with Crippen molar-refractivity contribution in [3.05, 3.63) is 0 Å². The van der Waals surface area contributed by atoms with Crippen LogP contribution in [0.3, 0.4) is 0 Å². The Balaban J connectivity index is 2.07. The van der Waals surface area contributed by atoms with Gasteiger partial charge in [-0.25, -0.2) is 0 Å². The van der Waals surface area contributed by atoms with Crippen LogP contribution in [0.4, 0.5) is 0 Å². The molecule has 82 valence electrons. The van der Waals surface area contributed by atoms with Gasteiger partial charge >= 0.3 is 0 Å². The van der Waals surface area contributed by atoms with Crippen LogP contribution in [0, 0.1) is 11.8 Å². The summed E-state index contributed by atoms with van der Waals surface area (Å²) in [5, 5.41) is 28.5. The maximum absolute atomic E-state index is 9.79. The summed E-state index contributed by atoms with van der Waals surface area (Å²) in [7, 11) is 0. The van der Waals surface area contributed by atoms with Crippen LogP contribution in [-0.2, 0) is 4.74 Å². The molecule has 5 atom stereocenters. The van der Waals surface area contributed by atoms with E-state index in [0.717, 1.165) is 19.3 Å². The summed E-state index contributed by atoms with van der Waals surface area (Å²) in [5.74, 6) is 0.118. The fourth-order valence-corrected chi connectivity index (χ4v) is 2.68. The second-order valence-corrected chi connectivity index (χ2v) is 4.40. The molecule has 4 nitrogen and oxygen atoms in total. The molecule has 2 unspecified atom stereocenters. The van der Waals surface area contributed by atoms with Crippen LogP contribution in [0.25, 0.3) is 0 Å². The minimum Gasteiger partial charge on any atom is -0.396 e. The fourth-order valence-electron chi connectivity index (χ4n) is 2.68. The van der Waals surface area contributed by atoms with Crippen LogP contribution in [-0.4, -0.2) is 46.8 Å². The smallest absolute Gasteiger partial charge is 0.107 e. The Morgan fingerprint density at radius 2 is 2.00 bits per heavy atom. The summed E-state index contributed by atoms with van der Waals surface area (Å²) in [6.07, 6.45) is 0.930. The molecule has 0 aromatic carbocycles. The van der Waals surface area contributed by atoms with Gasteiger partial charge in [-0.1, -0.05) is 0 Å². The molecule has 1 heterocycles. The lowest BCUT2D eigenvalue weighted by Crippen LogP contribution is -2.54. The lowest BCUT2D eigenvalue weighted by molar-refractivity contribution is -0.178. The molecule has 4 heteroatoms. The van der Waals surface area contributed by atoms with Crippen LogP contribution >= 0.6 is 0 Å². The molecule has 0 radical (unpaired) electrons. The van der Waals surface area contributed by atoms with E-state index in [1.54, 1.807) is 0 Å². The average Bonchev–Trinajstić information content (AvgIpc) is 2.23. The van der Waals surface area contributed by atoms with E-state index in [0.29, 0.717) is 12.5 Å². The zero-order valence-electron chi connectivity index (χ0n) is 8.17. The molecule has 0 bridgehead atoms. The van der Waals surface area contributed by atoms with Crippen molar-refractivity contribution in [2.45, 2.75) is 37.6 Å². The van der Waals surface area contributed by atoms with E-state index in [1.807, 2.05) is 0 Å². The molecule has 1 saturated heterocycles. The van der Waals surface area contributed by atoms with E-state index >= 15 is 0 Å². The lowest BCUT2D eigenvalue weighted by atomic mass is 9.73. The van der Waals surface area contributed by atoms with E-state index in [1.165, 1.54) is 0 Å². The van der Waals surface area contributed by atoms with Gasteiger partial charge in [0, 0.05) is 19.1 Å². The van der Waals surface area contributed by atoms with Crippen molar-refractivity contribution in [2.24, 2.45) is 11.8 Å². The van der Waals surface area contributed by atoms with Crippen LogP contribution in [0.5, 0.6) is 0 Å². The SMILES string of the molecule is OCC1C[C@@H]2CCCOC2[C@@H](O)[C@@H]1O. The van der Waals surface area contributed by atoms with E-state index in [9.17, 15) is 10.2 Å². The monoisotopic (exact) mass is 202 g/mol. The number of fused-ring (bicyclic) bond motifs is 1. The van der Waals surface area contributed by atoms with Gasteiger partial charge in [-0.3, -0.25) is 0 Å². The lowest BCUT2D eigenvalue weighted by Gasteiger charge is -2.44. The second-order valence-electron chi connectivity index (χ2n) is 4.40. The Labute approximate surface area is 83.5 Å². The second kappa shape index (κ2) is 4.14. The third-order valence-corrected chi connectivity index (χ3v) is 3.50. The van der Waals surface area contributed by atoms with Crippen LogP contribution in [0.15, 0.2) is 0 Å². The Morgan fingerprint density at radius 1 is 1.21 bits per heavy atom. The number of hydrogen-bond acceptors (Lipinski definition) is 4. The van der Waals surface area contributed by atoms with Crippen molar-refractivity contribution >= 4 is 0 Å². The Kier molecular flexibility index (Phi) is 3.07. The molecule has 1 saturated carbocycles. The highest BCUT2D eigenvalue weighted by Gasteiger charge is 2.44. The molecule has 1 aliphatic heterocycles. The predicted molar refractivity (Wildman–Crippen MR) is 49.7 cm³/mol. The first kappa shape index (κ1) is 10.4. The van der Waals surface area contributed by atoms with Gasteiger partial charge in [-0.05, 0) is 25.2 Å². The largest absolute Gasteiger partial charge is 0.396 e. The maximum Gasteiger partial charge on any atom is 0.107 e. The normalized spacial score (nSPS) is 48.6. The van der Waals surface area contributed by atoms with Crippen LogP contribution in [0.1, 0.15) is 19.3 Å². The molecule has 1 aliphatic carbocycles. The van der Waals surface area contributed by atoms with E-state index in [4.69, 9.17) is 9.84 Å². The standard InChI is InChI=1S/C10H18O4/c11-5-7-4-6-2-1-3-14-10(6)9(13)8(7)12/h6-13H,1-5H2/t6-,7?,8+,9-,10?/m0/s1. The minimum atomic E-state index is -0.834. The molecule has 0 aromatic rings. The van der Waals surface area contributed by atoms with Gasteiger partial charge in [0.05, 0.1) is 12.2 Å². The molecule has 0 spiro atoms. The summed E-state index contributed by atoms with van der Waals surface area (Å²) in [4.78, 5) is 0. The molecule has 14 heavy (non-hydrogen) atoms. The topological polar surface area (TPSA) is 69.9 Å². The maximum atomic E-state index is 9.79. The molecule has 2 fully saturated rings. The molecular weight excluding hydrogens is 184 g/mol. The van der Waals surface area contributed by atoms with Crippen molar-refractivity contribution in [2.75, 3.05) is 13.2 Å². The molecular formula is C10H18O4. The molecule has 2 aliphatic rings. The number of aliphatic hydroxyl groups is 3. The Hall–Kier alpha value is -0.160. The van der Waals surface area contributed by atoms with Gasteiger partial charge in [0.15, 0.2) is 0 Å². The summed E-state index contributed by atoms with van der Waals surface area (Å²) in [6.45, 7) is 0.621. The quantitative estimate of drug-likeness (QED) is 0.537. The van der Waals surface area contributed by atoms with Crippen LogP contribution in [0.2, 0.25) is 0 Å². The predicted octanol–water partition coefficient (Wildman–Crippen LogP) is -0.484. The zero-order valence-corrected chi connectivity index (χ0v) is 8.17. The highest BCUT2D eigenvalue weighted by Crippen LogP contribution is 2.36. The van der Waals surface area contributed by atoms with Gasteiger partial charge in [-0.2, -0.15) is 0 Å². The zero-order chi connectivity index (χ0) is 10.1. The van der Waals surface area contributed by atoms with E-state index in [-0.39, 0.29) is 18.6 Å². The van der Waals surface area contributed by atoms with Crippen molar-refractivity contribution in [1.29, 1.82) is 0 Å². The molecule has 2 rings (SSSR count). The number of ether oxygens (including phenoxy) is 1. The summed E-state index contributed by atoms with van der Waals surface area (Å²) in [6, 6.07) is 0. The Bertz CT molecular complexity index is 195. The Morgan fingerprint density at radius 3 is 2.71 bits per heavy atom. The van der Waals surface area contributed by atoms with Gasteiger partial charge in [-0.15, -0.1) is 0 Å². The number of rotatable bonds is 1. The first-order valence-electron chi connectivity index (χ1n) is 5.32.